The zero-order valence-corrected chi connectivity index (χ0v) is 24.0. The van der Waals surface area contributed by atoms with E-state index in [1.54, 1.807) is 0 Å². The maximum Gasteiger partial charge on any atom is 0.380 e. The number of aryl methyl sites for hydroxylation is 2. The summed E-state index contributed by atoms with van der Waals surface area (Å²) in [5.41, 5.74) is -4.04. The second-order valence-electron chi connectivity index (χ2n) is 11.9. The average molecular weight is 597 g/mol. The summed E-state index contributed by atoms with van der Waals surface area (Å²) < 4.78 is 114. The molecule has 2 fully saturated rings. The van der Waals surface area contributed by atoms with Crippen molar-refractivity contribution in [2.45, 2.75) is 71.9 Å². The van der Waals surface area contributed by atoms with Crippen molar-refractivity contribution in [2.75, 3.05) is 26.4 Å². The van der Waals surface area contributed by atoms with Crippen molar-refractivity contribution in [3.8, 4) is 0 Å². The lowest BCUT2D eigenvalue weighted by molar-refractivity contribution is -0.254. The molecule has 2 aliphatic heterocycles. The van der Waals surface area contributed by atoms with Gasteiger partial charge >= 0.3 is 17.8 Å². The first kappa shape index (κ1) is 29.1. The van der Waals surface area contributed by atoms with Gasteiger partial charge in [-0.2, -0.15) is 26.3 Å². The third-order valence-electron chi connectivity index (χ3n) is 7.05. The minimum absolute atomic E-state index is 0.178. The topological polar surface area (TPSA) is 36.9 Å². The van der Waals surface area contributed by atoms with Crippen LogP contribution in [0.4, 0.5) is 26.3 Å². The number of halogens is 6. The van der Waals surface area contributed by atoms with E-state index in [0.29, 0.717) is 36.2 Å². The lowest BCUT2D eigenvalue weighted by atomic mass is 9.94. The molecule has 4 heterocycles. The van der Waals surface area contributed by atoms with Crippen molar-refractivity contribution >= 4 is 33.8 Å². The van der Waals surface area contributed by atoms with E-state index in [9.17, 15) is 8.78 Å². The Balaban J connectivity index is 1.62. The molecule has 1 aliphatic carbocycles. The molecule has 3 aliphatic rings. The SMILES string of the molecule is Cc1sc(C2OCC(C)(C)CO2)cc1C1=C(c2cc(C3OCC(C)(C)CO3)sc2C)C(F)(F)C(F)(F)C1(F)F. The summed E-state index contributed by atoms with van der Waals surface area (Å²) in [5.74, 6) is -15.9. The van der Waals surface area contributed by atoms with Gasteiger partial charge in [0.15, 0.2) is 12.6 Å². The van der Waals surface area contributed by atoms with Crippen molar-refractivity contribution in [3.05, 3.63) is 42.8 Å². The zero-order chi connectivity index (χ0) is 28.8. The summed E-state index contributed by atoms with van der Waals surface area (Å²) in [6, 6.07) is 2.42. The number of ether oxygens (including phenoxy) is 4. The highest BCUT2D eigenvalue weighted by Crippen LogP contribution is 2.66. The summed E-state index contributed by atoms with van der Waals surface area (Å²) in [4.78, 5) is 1.04. The molecule has 2 aromatic heterocycles. The zero-order valence-electron chi connectivity index (χ0n) is 22.4. The van der Waals surface area contributed by atoms with E-state index >= 15 is 17.6 Å². The third-order valence-corrected chi connectivity index (χ3v) is 9.19. The van der Waals surface area contributed by atoms with E-state index in [1.807, 2.05) is 27.7 Å². The van der Waals surface area contributed by atoms with Crippen molar-refractivity contribution < 1.29 is 45.3 Å². The monoisotopic (exact) mass is 596 g/mol. The van der Waals surface area contributed by atoms with Gasteiger partial charge in [-0.1, -0.05) is 27.7 Å². The van der Waals surface area contributed by atoms with Crippen molar-refractivity contribution in [1.82, 2.24) is 0 Å². The molecule has 12 heteroatoms. The smallest absolute Gasteiger partial charge is 0.347 e. The van der Waals surface area contributed by atoms with E-state index in [-0.39, 0.29) is 31.7 Å². The van der Waals surface area contributed by atoms with Crippen LogP contribution in [-0.4, -0.2) is 44.2 Å². The van der Waals surface area contributed by atoms with E-state index in [0.717, 1.165) is 22.7 Å². The molecule has 0 atom stereocenters. The average Bonchev–Trinajstić information content (AvgIpc) is 3.41. The largest absolute Gasteiger partial charge is 0.380 e. The van der Waals surface area contributed by atoms with Crippen LogP contribution in [0.3, 0.4) is 0 Å². The molecular weight excluding hydrogens is 566 g/mol. The lowest BCUT2D eigenvalue weighted by Gasteiger charge is -2.34. The Kier molecular flexibility index (Phi) is 6.92. The Morgan fingerprint density at radius 3 is 1.23 bits per heavy atom. The number of hydrogen-bond acceptors (Lipinski definition) is 6. The van der Waals surface area contributed by atoms with Crippen LogP contribution in [-0.2, 0) is 18.9 Å². The van der Waals surface area contributed by atoms with Crippen LogP contribution in [0.5, 0.6) is 0 Å². The van der Waals surface area contributed by atoms with Crippen LogP contribution in [0.25, 0.3) is 11.1 Å². The maximum absolute atomic E-state index is 15.4. The summed E-state index contributed by atoms with van der Waals surface area (Å²) in [5, 5.41) is 0. The number of allylic oxidation sites excluding steroid dienone is 2. The highest BCUT2D eigenvalue weighted by Gasteiger charge is 2.80. The molecule has 0 bridgehead atoms. The van der Waals surface area contributed by atoms with Gasteiger partial charge in [-0.15, -0.1) is 22.7 Å². The summed E-state index contributed by atoms with van der Waals surface area (Å²) in [6.07, 6.45) is -1.81. The number of rotatable bonds is 4. The molecule has 4 nitrogen and oxygen atoms in total. The predicted molar refractivity (Wildman–Crippen MR) is 137 cm³/mol. The van der Waals surface area contributed by atoms with Crippen LogP contribution in [0.2, 0.25) is 0 Å². The molecule has 0 unspecified atom stereocenters. The molecule has 5 rings (SSSR count). The number of alkyl halides is 6. The van der Waals surface area contributed by atoms with Crippen LogP contribution in [0, 0.1) is 24.7 Å². The van der Waals surface area contributed by atoms with Crippen molar-refractivity contribution in [3.63, 3.8) is 0 Å². The van der Waals surface area contributed by atoms with Crippen LogP contribution in [0.1, 0.15) is 70.9 Å². The second kappa shape index (κ2) is 9.29. The maximum atomic E-state index is 15.4. The standard InChI is InChI=1S/C27H30F6O4S2/c1-13-15(7-17(38-13)21-34-9-23(3,4)10-35-21)19-20(26(30,31)27(32,33)25(19,28)29)16-8-18(39-14(16)2)22-36-11-24(5,6)12-37-22/h7-8,21-22H,9-12H2,1-6H3. The molecule has 0 aromatic carbocycles. The van der Waals surface area contributed by atoms with Gasteiger partial charge in [0.25, 0.3) is 0 Å². The van der Waals surface area contributed by atoms with Gasteiger partial charge < -0.3 is 18.9 Å². The van der Waals surface area contributed by atoms with Crippen LogP contribution in [0.15, 0.2) is 12.1 Å². The fraction of sp³-hybridized carbons (Fsp3) is 0.630. The Labute approximate surface area is 230 Å². The van der Waals surface area contributed by atoms with Gasteiger partial charge in [-0.05, 0) is 37.1 Å². The normalized spacial score (nSPS) is 26.4. The van der Waals surface area contributed by atoms with Gasteiger partial charge in [-0.3, -0.25) is 0 Å². The fourth-order valence-electron chi connectivity index (χ4n) is 4.88. The molecule has 2 aromatic rings. The van der Waals surface area contributed by atoms with Gasteiger partial charge in [0.05, 0.1) is 36.2 Å². The van der Waals surface area contributed by atoms with E-state index in [2.05, 4.69) is 0 Å². The number of thiophene rings is 2. The van der Waals surface area contributed by atoms with Gasteiger partial charge in [-0.25, -0.2) is 0 Å². The molecule has 216 valence electrons. The van der Waals surface area contributed by atoms with E-state index < -0.39 is 41.5 Å². The van der Waals surface area contributed by atoms with Crippen LogP contribution < -0.4 is 0 Å². The van der Waals surface area contributed by atoms with Crippen LogP contribution >= 0.6 is 22.7 Å². The Morgan fingerprint density at radius 2 is 0.923 bits per heavy atom. The first-order valence-electron chi connectivity index (χ1n) is 12.4. The van der Waals surface area contributed by atoms with E-state index in [4.69, 9.17) is 18.9 Å². The quantitative estimate of drug-likeness (QED) is 0.332. The molecule has 2 saturated heterocycles. The van der Waals surface area contributed by atoms with Crippen molar-refractivity contribution in [1.29, 1.82) is 0 Å². The fourth-order valence-corrected chi connectivity index (χ4v) is 6.95. The van der Waals surface area contributed by atoms with E-state index in [1.165, 1.54) is 26.0 Å². The Bertz CT molecular complexity index is 1190. The van der Waals surface area contributed by atoms with Gasteiger partial charge in [0, 0.05) is 31.7 Å². The molecule has 0 saturated carbocycles. The Hall–Kier alpha value is -1.44. The second-order valence-corrected chi connectivity index (χ2v) is 14.5. The molecule has 0 spiro atoms. The summed E-state index contributed by atoms with van der Waals surface area (Å²) in [7, 11) is 0. The molecule has 0 N–H and O–H groups in total. The van der Waals surface area contributed by atoms with Gasteiger partial charge in [0.2, 0.25) is 0 Å². The highest BCUT2D eigenvalue weighted by atomic mass is 32.1. The Morgan fingerprint density at radius 1 is 0.615 bits per heavy atom. The molecule has 0 amide bonds. The minimum atomic E-state index is -5.64. The minimum Gasteiger partial charge on any atom is -0.347 e. The number of hydrogen-bond donors (Lipinski definition) is 0. The third kappa shape index (κ3) is 4.68. The molecular formula is C27H30F6O4S2. The summed E-state index contributed by atoms with van der Waals surface area (Å²) >= 11 is 1.99. The molecule has 39 heavy (non-hydrogen) atoms. The summed E-state index contributed by atoms with van der Waals surface area (Å²) in [6.45, 7) is 11.9. The first-order chi connectivity index (χ1) is 17.9. The lowest BCUT2D eigenvalue weighted by Crippen LogP contribution is -2.48. The molecule has 0 radical (unpaired) electrons. The first-order valence-corrected chi connectivity index (χ1v) is 14.1. The van der Waals surface area contributed by atoms with Crippen molar-refractivity contribution in [2.24, 2.45) is 10.8 Å². The predicted octanol–water partition coefficient (Wildman–Crippen LogP) is 8.40. The highest BCUT2D eigenvalue weighted by molar-refractivity contribution is 7.12. The van der Waals surface area contributed by atoms with Gasteiger partial charge in [0.1, 0.15) is 0 Å².